The summed E-state index contributed by atoms with van der Waals surface area (Å²) < 4.78 is 11.8. The number of esters is 2. The number of carbonyl (C=O) groups is 2. The van der Waals surface area contributed by atoms with Crippen LogP contribution in [0.1, 0.15) is 31.3 Å². The van der Waals surface area contributed by atoms with Gasteiger partial charge in [0.2, 0.25) is 0 Å². The minimum Gasteiger partial charge on any atom is -0.465 e. The van der Waals surface area contributed by atoms with Gasteiger partial charge in [-0.25, -0.2) is 4.98 Å². The SMILES string of the molecule is CCOC(=O)C(C(=O)OCC)[C@@H](O)c1nc2ccccc2n1Cc1ccccc1. The van der Waals surface area contributed by atoms with Gasteiger partial charge in [0.1, 0.15) is 11.9 Å². The molecule has 1 N–H and O–H groups in total. The van der Waals surface area contributed by atoms with Crippen molar-refractivity contribution in [2.75, 3.05) is 13.2 Å². The molecule has 3 rings (SSSR count). The molecule has 0 aliphatic heterocycles. The molecule has 1 heterocycles. The van der Waals surface area contributed by atoms with Crippen LogP contribution in [0.3, 0.4) is 0 Å². The van der Waals surface area contributed by atoms with E-state index in [0.29, 0.717) is 12.1 Å². The maximum absolute atomic E-state index is 12.4. The third-order valence-corrected chi connectivity index (χ3v) is 4.53. The van der Waals surface area contributed by atoms with Crippen molar-refractivity contribution in [3.05, 3.63) is 66.0 Å². The Balaban J connectivity index is 2.07. The molecule has 29 heavy (non-hydrogen) atoms. The second-order valence-electron chi connectivity index (χ2n) is 6.46. The fourth-order valence-corrected chi connectivity index (χ4v) is 3.22. The van der Waals surface area contributed by atoms with Crippen LogP contribution in [0.2, 0.25) is 0 Å². The van der Waals surface area contributed by atoms with E-state index in [0.717, 1.165) is 11.1 Å². The lowest BCUT2D eigenvalue weighted by atomic mass is 10.0. The highest BCUT2D eigenvalue weighted by atomic mass is 16.6. The zero-order valence-electron chi connectivity index (χ0n) is 16.4. The summed E-state index contributed by atoms with van der Waals surface area (Å²) >= 11 is 0. The first kappa shape index (κ1) is 20.5. The van der Waals surface area contributed by atoms with Crippen molar-refractivity contribution in [1.82, 2.24) is 9.55 Å². The molecule has 0 bridgehead atoms. The number of para-hydroxylation sites is 2. The second kappa shape index (κ2) is 9.34. The number of rotatable bonds is 8. The molecule has 0 saturated heterocycles. The van der Waals surface area contributed by atoms with Gasteiger partial charge in [-0.1, -0.05) is 42.5 Å². The number of fused-ring (bicyclic) bond motifs is 1. The Kier molecular flexibility index (Phi) is 6.61. The monoisotopic (exact) mass is 396 g/mol. The summed E-state index contributed by atoms with van der Waals surface area (Å²) in [5.41, 5.74) is 2.44. The Labute approximate surface area is 168 Å². The molecule has 0 saturated carbocycles. The van der Waals surface area contributed by atoms with Crippen LogP contribution in [0.25, 0.3) is 11.0 Å². The summed E-state index contributed by atoms with van der Waals surface area (Å²) in [7, 11) is 0. The number of aromatic nitrogens is 2. The largest absolute Gasteiger partial charge is 0.465 e. The number of benzene rings is 2. The molecular weight excluding hydrogens is 372 g/mol. The summed E-state index contributed by atoms with van der Waals surface area (Å²) in [4.78, 5) is 29.4. The minimum absolute atomic E-state index is 0.0852. The van der Waals surface area contributed by atoms with Crippen molar-refractivity contribution in [2.45, 2.75) is 26.5 Å². The summed E-state index contributed by atoms with van der Waals surface area (Å²) in [6.07, 6.45) is -1.51. The molecule has 7 heteroatoms. The van der Waals surface area contributed by atoms with E-state index >= 15 is 0 Å². The minimum atomic E-state index is -1.51. The number of aliphatic hydroxyl groups is 1. The van der Waals surface area contributed by atoms with Crippen molar-refractivity contribution < 1.29 is 24.2 Å². The standard InChI is InChI=1S/C22H24N2O5/c1-3-28-21(26)18(22(27)29-4-2)19(25)20-23-16-12-8-9-13-17(16)24(20)14-15-10-6-5-7-11-15/h5-13,18-19,25H,3-4,14H2,1-2H3/t19-/m1/s1. The Hall–Kier alpha value is -3.19. The number of hydrogen-bond acceptors (Lipinski definition) is 6. The summed E-state index contributed by atoms with van der Waals surface area (Å²) in [6.45, 7) is 3.87. The molecule has 3 aromatic rings. The number of aliphatic hydroxyl groups excluding tert-OH is 1. The van der Waals surface area contributed by atoms with E-state index in [9.17, 15) is 14.7 Å². The van der Waals surface area contributed by atoms with Gasteiger partial charge in [-0.2, -0.15) is 0 Å². The third-order valence-electron chi connectivity index (χ3n) is 4.53. The zero-order valence-corrected chi connectivity index (χ0v) is 16.4. The molecule has 0 radical (unpaired) electrons. The first-order chi connectivity index (χ1) is 14.1. The molecule has 2 aromatic carbocycles. The fraction of sp³-hybridized carbons (Fsp3) is 0.318. The van der Waals surface area contributed by atoms with Crippen molar-refractivity contribution >= 4 is 23.0 Å². The highest BCUT2D eigenvalue weighted by molar-refractivity contribution is 5.95. The normalized spacial score (nSPS) is 12.1. The first-order valence-corrected chi connectivity index (χ1v) is 9.57. The Morgan fingerprint density at radius 3 is 2.17 bits per heavy atom. The van der Waals surface area contributed by atoms with Crippen molar-refractivity contribution in [3.8, 4) is 0 Å². The van der Waals surface area contributed by atoms with Crippen LogP contribution in [0.5, 0.6) is 0 Å². The van der Waals surface area contributed by atoms with Gasteiger partial charge in [0.15, 0.2) is 5.92 Å². The fourth-order valence-electron chi connectivity index (χ4n) is 3.22. The topological polar surface area (TPSA) is 90.7 Å². The lowest BCUT2D eigenvalue weighted by molar-refractivity contribution is -0.167. The predicted molar refractivity (Wildman–Crippen MR) is 107 cm³/mol. The first-order valence-electron chi connectivity index (χ1n) is 9.57. The summed E-state index contributed by atoms with van der Waals surface area (Å²) in [5, 5.41) is 11.0. The van der Waals surface area contributed by atoms with Crippen LogP contribution >= 0.6 is 0 Å². The van der Waals surface area contributed by atoms with Crippen molar-refractivity contribution in [1.29, 1.82) is 0 Å². The molecule has 152 valence electrons. The molecular formula is C22H24N2O5. The van der Waals surface area contributed by atoms with Gasteiger partial charge in [0.05, 0.1) is 24.2 Å². The van der Waals surface area contributed by atoms with Gasteiger partial charge in [-0.3, -0.25) is 9.59 Å². The predicted octanol–water partition coefficient (Wildman–Crippen LogP) is 2.86. The Bertz CT molecular complexity index is 965. The van der Waals surface area contributed by atoms with Crippen LogP contribution in [0.4, 0.5) is 0 Å². The van der Waals surface area contributed by atoms with Crippen LogP contribution in [0, 0.1) is 5.92 Å². The van der Waals surface area contributed by atoms with Crippen LogP contribution in [-0.2, 0) is 25.6 Å². The molecule has 0 unspecified atom stereocenters. The van der Waals surface area contributed by atoms with Gasteiger partial charge in [-0.15, -0.1) is 0 Å². The molecule has 0 aliphatic carbocycles. The molecule has 7 nitrogen and oxygen atoms in total. The van der Waals surface area contributed by atoms with Gasteiger partial charge < -0.3 is 19.1 Å². The van der Waals surface area contributed by atoms with E-state index in [2.05, 4.69) is 4.98 Å². The van der Waals surface area contributed by atoms with E-state index in [4.69, 9.17) is 9.47 Å². The highest BCUT2D eigenvalue weighted by Gasteiger charge is 2.40. The van der Waals surface area contributed by atoms with E-state index in [1.54, 1.807) is 18.4 Å². The van der Waals surface area contributed by atoms with Gasteiger partial charge in [0.25, 0.3) is 0 Å². The van der Waals surface area contributed by atoms with E-state index in [-0.39, 0.29) is 19.0 Å². The number of ether oxygens (including phenoxy) is 2. The average molecular weight is 396 g/mol. The van der Waals surface area contributed by atoms with E-state index in [1.807, 2.05) is 54.6 Å². The van der Waals surface area contributed by atoms with Gasteiger partial charge in [-0.05, 0) is 31.5 Å². The number of imidazole rings is 1. The van der Waals surface area contributed by atoms with E-state index < -0.39 is 24.0 Å². The van der Waals surface area contributed by atoms with Crippen molar-refractivity contribution in [3.63, 3.8) is 0 Å². The molecule has 0 aliphatic rings. The maximum Gasteiger partial charge on any atom is 0.323 e. The summed E-state index contributed by atoms with van der Waals surface area (Å²) in [5.74, 6) is -2.98. The van der Waals surface area contributed by atoms with Gasteiger partial charge in [0, 0.05) is 6.54 Å². The number of nitrogens with zero attached hydrogens (tertiary/aromatic N) is 2. The average Bonchev–Trinajstić information content (AvgIpc) is 3.08. The zero-order chi connectivity index (χ0) is 20.8. The lowest BCUT2D eigenvalue weighted by Crippen LogP contribution is -2.34. The number of hydrogen-bond donors (Lipinski definition) is 1. The molecule has 1 aromatic heterocycles. The second-order valence-corrected chi connectivity index (χ2v) is 6.46. The third kappa shape index (κ3) is 4.46. The maximum atomic E-state index is 12.4. The van der Waals surface area contributed by atoms with Crippen LogP contribution in [-0.4, -0.2) is 39.8 Å². The van der Waals surface area contributed by atoms with Crippen LogP contribution in [0.15, 0.2) is 54.6 Å². The lowest BCUT2D eigenvalue weighted by Gasteiger charge is -2.20. The molecule has 1 atom stereocenters. The highest BCUT2D eigenvalue weighted by Crippen LogP contribution is 2.28. The van der Waals surface area contributed by atoms with Crippen molar-refractivity contribution in [2.24, 2.45) is 5.92 Å². The molecule has 0 amide bonds. The van der Waals surface area contributed by atoms with E-state index in [1.165, 1.54) is 0 Å². The Morgan fingerprint density at radius 2 is 1.55 bits per heavy atom. The number of carbonyl (C=O) groups excluding carboxylic acids is 2. The smallest absolute Gasteiger partial charge is 0.323 e. The van der Waals surface area contributed by atoms with Gasteiger partial charge >= 0.3 is 11.9 Å². The van der Waals surface area contributed by atoms with Crippen LogP contribution < -0.4 is 0 Å². The summed E-state index contributed by atoms with van der Waals surface area (Å²) in [6, 6.07) is 17.1. The Morgan fingerprint density at radius 1 is 0.966 bits per heavy atom. The molecule has 0 spiro atoms. The quantitative estimate of drug-likeness (QED) is 0.465. The molecule has 0 fully saturated rings.